The zero-order valence-electron chi connectivity index (χ0n) is 18.5. The Balaban J connectivity index is 1.79. The Labute approximate surface area is 205 Å². The summed E-state index contributed by atoms with van der Waals surface area (Å²) >= 11 is 9.46. The number of imidazole rings is 1. The lowest BCUT2D eigenvalue weighted by Crippen LogP contribution is -2.22. The van der Waals surface area contributed by atoms with E-state index in [0.717, 1.165) is 33.0 Å². The summed E-state index contributed by atoms with van der Waals surface area (Å²) in [4.78, 5) is 8.97. The Morgan fingerprint density at radius 3 is 2.61 bits per heavy atom. The zero-order chi connectivity index (χ0) is 23.8. The van der Waals surface area contributed by atoms with Crippen LogP contribution in [0, 0.1) is 11.6 Å². The van der Waals surface area contributed by atoms with E-state index in [4.69, 9.17) is 16.3 Å². The monoisotopic (exact) mass is 549 g/mol. The summed E-state index contributed by atoms with van der Waals surface area (Å²) in [5.41, 5.74) is 2.79. The minimum Gasteiger partial charge on any atom is -0.361 e. The van der Waals surface area contributed by atoms with Crippen LogP contribution in [0.15, 0.2) is 53.4 Å². The first-order valence-electron chi connectivity index (χ1n) is 10.5. The predicted octanol–water partition coefficient (Wildman–Crippen LogP) is 7.77. The van der Waals surface area contributed by atoms with Crippen LogP contribution in [0.1, 0.15) is 0 Å². The van der Waals surface area contributed by atoms with E-state index < -0.39 is 19.7 Å². The molecule has 0 amide bonds. The van der Waals surface area contributed by atoms with Crippen LogP contribution < -0.4 is 0 Å². The molecule has 0 aliphatic heterocycles. The molecule has 33 heavy (non-hydrogen) atoms. The van der Waals surface area contributed by atoms with Gasteiger partial charge in [0.15, 0.2) is 0 Å². The molecule has 0 unspecified atom stereocenters. The highest BCUT2D eigenvalue weighted by Gasteiger charge is 2.21. The van der Waals surface area contributed by atoms with Gasteiger partial charge in [-0.2, -0.15) is 0 Å². The normalized spacial score (nSPS) is 12.0. The van der Waals surface area contributed by atoms with Crippen molar-refractivity contribution in [2.45, 2.75) is 32.4 Å². The van der Waals surface area contributed by atoms with E-state index >= 15 is 0 Å². The van der Waals surface area contributed by atoms with Gasteiger partial charge in [-0.25, -0.2) is 13.8 Å². The maximum Gasteiger partial charge on any atom is 0.144 e. The summed E-state index contributed by atoms with van der Waals surface area (Å²) in [6, 6.07) is 10.8. The van der Waals surface area contributed by atoms with E-state index in [2.05, 4.69) is 45.5 Å². The molecule has 4 rings (SSSR count). The van der Waals surface area contributed by atoms with Crippen LogP contribution in [0.4, 0.5) is 8.78 Å². The molecular weight excluding hydrogens is 528 g/mol. The molecule has 0 aliphatic rings. The van der Waals surface area contributed by atoms with Crippen molar-refractivity contribution in [1.29, 1.82) is 0 Å². The second-order valence-corrected chi connectivity index (χ2v) is 16.0. The highest BCUT2D eigenvalue weighted by molar-refractivity contribution is 9.10. The molecule has 4 nitrogen and oxygen atoms in total. The van der Waals surface area contributed by atoms with Gasteiger partial charge >= 0.3 is 0 Å². The van der Waals surface area contributed by atoms with Gasteiger partial charge in [0.05, 0.1) is 28.3 Å². The summed E-state index contributed by atoms with van der Waals surface area (Å²) in [7, 11) is -1.25. The van der Waals surface area contributed by atoms with Gasteiger partial charge in [-0.3, -0.25) is 4.98 Å². The Bertz CT molecular complexity index is 1320. The number of fused-ring (bicyclic) bond motifs is 1. The zero-order valence-corrected chi connectivity index (χ0v) is 21.8. The predicted molar refractivity (Wildman–Crippen MR) is 135 cm³/mol. The summed E-state index contributed by atoms with van der Waals surface area (Å²) in [6.07, 6.45) is 3.34. The number of pyridine rings is 1. The average molecular weight is 551 g/mol. The van der Waals surface area contributed by atoms with Crippen LogP contribution in [0.5, 0.6) is 0 Å². The van der Waals surface area contributed by atoms with Crippen molar-refractivity contribution in [3.63, 3.8) is 0 Å². The average Bonchev–Trinajstić information content (AvgIpc) is 3.16. The molecule has 2 aromatic heterocycles. The fraction of sp³-hybridized carbons (Fsp3) is 0.250. The third-order valence-corrected chi connectivity index (χ3v) is 7.68. The Kier molecular flexibility index (Phi) is 7.00. The number of nitrogens with zero attached hydrogens (tertiary/aromatic N) is 3. The molecule has 0 radical (unpaired) electrons. The van der Waals surface area contributed by atoms with Crippen LogP contribution in [0.2, 0.25) is 30.7 Å². The van der Waals surface area contributed by atoms with E-state index in [-0.39, 0.29) is 17.3 Å². The third kappa shape index (κ3) is 5.51. The van der Waals surface area contributed by atoms with Crippen LogP contribution in [-0.4, -0.2) is 29.2 Å². The molecule has 172 valence electrons. The standard InChI is InChI=1S/C24H23BrClF2N3OSi/c1-33(2,3)7-6-32-14-31-13-30-23(24(31)18-10-19(26)21(28)11-20(18)27)15-4-5-22-16(8-15)9-17(25)12-29-22/h4-5,8-13H,6-7,14H2,1-3H3. The number of hydrogen-bond acceptors (Lipinski definition) is 3. The quantitative estimate of drug-likeness (QED) is 0.134. The third-order valence-electron chi connectivity index (χ3n) is 5.25. The van der Waals surface area contributed by atoms with Gasteiger partial charge in [-0.1, -0.05) is 37.3 Å². The molecule has 0 spiro atoms. The van der Waals surface area contributed by atoms with E-state index in [0.29, 0.717) is 18.0 Å². The lowest BCUT2D eigenvalue weighted by molar-refractivity contribution is 0.0882. The number of benzene rings is 2. The van der Waals surface area contributed by atoms with Crippen molar-refractivity contribution in [3.8, 4) is 22.5 Å². The maximum atomic E-state index is 14.9. The van der Waals surface area contributed by atoms with Gasteiger partial charge in [0, 0.05) is 47.9 Å². The fourth-order valence-corrected chi connectivity index (χ4v) is 4.74. The van der Waals surface area contributed by atoms with Crippen molar-refractivity contribution in [2.24, 2.45) is 0 Å². The van der Waals surface area contributed by atoms with Crippen LogP contribution in [0.25, 0.3) is 33.4 Å². The van der Waals surface area contributed by atoms with Gasteiger partial charge < -0.3 is 9.30 Å². The summed E-state index contributed by atoms with van der Waals surface area (Å²) in [5.74, 6) is -1.52. The molecule has 0 N–H and O–H groups in total. The lowest BCUT2D eigenvalue weighted by atomic mass is 10.0. The number of halogens is 4. The van der Waals surface area contributed by atoms with Gasteiger partial charge in [-0.05, 0) is 46.2 Å². The number of aromatic nitrogens is 3. The molecule has 0 saturated carbocycles. The van der Waals surface area contributed by atoms with E-state index in [9.17, 15) is 8.78 Å². The van der Waals surface area contributed by atoms with Gasteiger partial charge in [-0.15, -0.1) is 0 Å². The molecule has 0 saturated heterocycles. The van der Waals surface area contributed by atoms with Crippen LogP contribution in [-0.2, 0) is 11.5 Å². The largest absolute Gasteiger partial charge is 0.361 e. The van der Waals surface area contributed by atoms with Gasteiger partial charge in [0.25, 0.3) is 0 Å². The second kappa shape index (κ2) is 9.62. The molecule has 9 heteroatoms. The van der Waals surface area contributed by atoms with Crippen molar-refractivity contribution < 1.29 is 13.5 Å². The molecule has 2 aromatic carbocycles. The highest BCUT2D eigenvalue weighted by atomic mass is 79.9. The number of rotatable bonds is 7. The first-order chi connectivity index (χ1) is 15.6. The molecule has 0 bridgehead atoms. The number of hydrogen-bond donors (Lipinski definition) is 0. The van der Waals surface area contributed by atoms with Crippen LogP contribution >= 0.6 is 27.5 Å². The van der Waals surface area contributed by atoms with E-state index in [1.54, 1.807) is 17.1 Å². The van der Waals surface area contributed by atoms with E-state index in [1.807, 2.05) is 24.3 Å². The first kappa shape index (κ1) is 24.0. The van der Waals surface area contributed by atoms with E-state index in [1.165, 1.54) is 6.07 Å². The first-order valence-corrected chi connectivity index (χ1v) is 15.3. The fourth-order valence-electron chi connectivity index (χ4n) is 3.47. The highest BCUT2D eigenvalue weighted by Crippen LogP contribution is 2.36. The lowest BCUT2D eigenvalue weighted by Gasteiger charge is -2.17. The molecular formula is C24H23BrClF2N3OSi. The molecule has 2 heterocycles. The smallest absolute Gasteiger partial charge is 0.144 e. The number of ether oxygens (including phenoxy) is 1. The Hall–Kier alpha value is -2.13. The summed E-state index contributed by atoms with van der Waals surface area (Å²) in [6.45, 7) is 7.63. The topological polar surface area (TPSA) is 39.9 Å². The molecule has 0 aliphatic carbocycles. The van der Waals surface area contributed by atoms with Crippen LogP contribution in [0.3, 0.4) is 0 Å². The van der Waals surface area contributed by atoms with Gasteiger partial charge in [0.1, 0.15) is 18.4 Å². The molecule has 4 aromatic rings. The van der Waals surface area contributed by atoms with Gasteiger partial charge in [0.2, 0.25) is 0 Å². The van der Waals surface area contributed by atoms with Crippen molar-refractivity contribution in [3.05, 3.63) is 70.1 Å². The Morgan fingerprint density at radius 2 is 1.85 bits per heavy atom. The summed E-state index contributed by atoms with van der Waals surface area (Å²) < 4.78 is 37.3. The van der Waals surface area contributed by atoms with Crippen molar-refractivity contribution >= 4 is 46.5 Å². The van der Waals surface area contributed by atoms with Crippen molar-refractivity contribution in [1.82, 2.24) is 14.5 Å². The maximum absolute atomic E-state index is 14.9. The van der Waals surface area contributed by atoms with Crippen molar-refractivity contribution in [2.75, 3.05) is 6.61 Å². The molecule has 0 fully saturated rings. The SMILES string of the molecule is C[Si](C)(C)CCOCn1cnc(-c2ccc3ncc(Br)cc3c2)c1-c1cc(Cl)c(F)cc1F. The summed E-state index contributed by atoms with van der Waals surface area (Å²) in [5, 5.41) is 0.753. The minimum absolute atomic E-state index is 0.156. The molecule has 0 atom stereocenters. The Morgan fingerprint density at radius 1 is 1.06 bits per heavy atom. The minimum atomic E-state index is -1.25. The second-order valence-electron chi connectivity index (χ2n) is 9.07.